The standard InChI is InChI=1S/C19H18N6O2S/c1-11-21-14-8-10-28-17(14)16(22-11)12-3-5-13(6-4-12)18(26)20-9-7-15-23-24-19(27)25(15)2/h3-6,8,10H,7,9H2,1-2H3,(H,20,26)(H,24,27). The monoisotopic (exact) mass is 394 g/mol. The predicted molar refractivity (Wildman–Crippen MR) is 107 cm³/mol. The molecule has 0 aliphatic rings. The molecule has 0 aliphatic heterocycles. The van der Waals surface area contributed by atoms with Crippen LogP contribution in [0.5, 0.6) is 0 Å². The summed E-state index contributed by atoms with van der Waals surface area (Å²) in [7, 11) is 1.64. The minimum Gasteiger partial charge on any atom is -0.352 e. The average molecular weight is 394 g/mol. The van der Waals surface area contributed by atoms with E-state index >= 15 is 0 Å². The molecule has 28 heavy (non-hydrogen) atoms. The first-order valence-electron chi connectivity index (χ1n) is 8.73. The number of rotatable bonds is 5. The first kappa shape index (κ1) is 18.1. The number of carbonyl (C=O) groups is 1. The van der Waals surface area contributed by atoms with E-state index in [2.05, 4.69) is 25.5 Å². The Balaban J connectivity index is 1.46. The molecule has 1 amide bonds. The summed E-state index contributed by atoms with van der Waals surface area (Å²) in [4.78, 5) is 32.7. The lowest BCUT2D eigenvalue weighted by Gasteiger charge is -2.07. The van der Waals surface area contributed by atoms with Crippen LogP contribution in [0.1, 0.15) is 22.0 Å². The summed E-state index contributed by atoms with van der Waals surface area (Å²) in [5, 5.41) is 11.1. The van der Waals surface area contributed by atoms with Crippen LogP contribution in [-0.2, 0) is 13.5 Å². The summed E-state index contributed by atoms with van der Waals surface area (Å²) in [6.45, 7) is 2.26. The Morgan fingerprint density at radius 3 is 2.71 bits per heavy atom. The average Bonchev–Trinajstić information content (AvgIpc) is 3.29. The number of fused-ring (bicyclic) bond motifs is 1. The number of hydrogen-bond donors (Lipinski definition) is 2. The first-order chi connectivity index (χ1) is 13.5. The van der Waals surface area contributed by atoms with Crippen LogP contribution in [0.4, 0.5) is 0 Å². The van der Waals surface area contributed by atoms with Crippen LogP contribution in [0.3, 0.4) is 0 Å². The Kier molecular flexibility index (Phi) is 4.74. The molecule has 0 radical (unpaired) electrons. The molecule has 142 valence electrons. The maximum atomic E-state index is 12.4. The van der Waals surface area contributed by atoms with E-state index in [1.807, 2.05) is 30.5 Å². The maximum Gasteiger partial charge on any atom is 0.343 e. The number of hydrogen-bond acceptors (Lipinski definition) is 6. The summed E-state index contributed by atoms with van der Waals surface area (Å²) in [6.07, 6.45) is 0.468. The number of aromatic nitrogens is 5. The van der Waals surface area contributed by atoms with Crippen molar-refractivity contribution in [2.75, 3.05) is 6.54 Å². The Morgan fingerprint density at radius 2 is 2.00 bits per heavy atom. The largest absolute Gasteiger partial charge is 0.352 e. The number of aromatic amines is 1. The van der Waals surface area contributed by atoms with Crippen molar-refractivity contribution >= 4 is 27.5 Å². The van der Waals surface area contributed by atoms with Crippen molar-refractivity contribution in [3.05, 3.63) is 63.4 Å². The van der Waals surface area contributed by atoms with Crippen LogP contribution < -0.4 is 11.0 Å². The highest BCUT2D eigenvalue weighted by Crippen LogP contribution is 2.30. The molecule has 1 aromatic carbocycles. The second kappa shape index (κ2) is 7.35. The van der Waals surface area contributed by atoms with Gasteiger partial charge in [-0.15, -0.1) is 11.3 Å². The molecule has 0 saturated carbocycles. The minimum atomic E-state index is -0.267. The van der Waals surface area contributed by atoms with Gasteiger partial charge in [-0.25, -0.2) is 19.9 Å². The number of benzene rings is 1. The molecule has 3 aromatic heterocycles. The lowest BCUT2D eigenvalue weighted by molar-refractivity contribution is 0.0954. The molecule has 0 aliphatic carbocycles. The van der Waals surface area contributed by atoms with E-state index < -0.39 is 0 Å². The molecular formula is C19H18N6O2S. The molecule has 0 bridgehead atoms. The quantitative estimate of drug-likeness (QED) is 0.539. The van der Waals surface area contributed by atoms with Crippen molar-refractivity contribution in [1.82, 2.24) is 30.0 Å². The van der Waals surface area contributed by atoms with Crippen molar-refractivity contribution in [3.63, 3.8) is 0 Å². The van der Waals surface area contributed by atoms with Crippen LogP contribution in [0.25, 0.3) is 21.5 Å². The Bertz CT molecular complexity index is 1210. The molecule has 2 N–H and O–H groups in total. The maximum absolute atomic E-state index is 12.4. The van der Waals surface area contributed by atoms with E-state index in [4.69, 9.17) is 0 Å². The normalized spacial score (nSPS) is 11.1. The van der Waals surface area contributed by atoms with Crippen LogP contribution in [0.2, 0.25) is 0 Å². The van der Waals surface area contributed by atoms with Crippen molar-refractivity contribution in [1.29, 1.82) is 0 Å². The van der Waals surface area contributed by atoms with Crippen molar-refractivity contribution < 1.29 is 4.79 Å². The van der Waals surface area contributed by atoms with E-state index in [1.165, 1.54) is 4.57 Å². The predicted octanol–water partition coefficient (Wildman–Crippen LogP) is 2.06. The van der Waals surface area contributed by atoms with Gasteiger partial charge in [0.25, 0.3) is 5.91 Å². The Morgan fingerprint density at radius 1 is 1.21 bits per heavy atom. The fraction of sp³-hybridized carbons (Fsp3) is 0.211. The molecular weight excluding hydrogens is 376 g/mol. The van der Waals surface area contributed by atoms with Gasteiger partial charge in [-0.1, -0.05) is 12.1 Å². The Labute approximate surface area is 164 Å². The number of H-pyrrole nitrogens is 1. The van der Waals surface area contributed by atoms with Gasteiger partial charge in [0.05, 0.1) is 15.9 Å². The molecule has 0 spiro atoms. The number of carbonyl (C=O) groups excluding carboxylic acids is 1. The number of amides is 1. The van der Waals surface area contributed by atoms with Gasteiger partial charge in [0.15, 0.2) is 0 Å². The van der Waals surface area contributed by atoms with Gasteiger partial charge in [-0.3, -0.25) is 9.36 Å². The molecule has 4 rings (SSSR count). The lowest BCUT2D eigenvalue weighted by atomic mass is 10.1. The van der Waals surface area contributed by atoms with Crippen LogP contribution in [0, 0.1) is 6.92 Å². The molecule has 9 heteroatoms. The van der Waals surface area contributed by atoms with Crippen LogP contribution in [0.15, 0.2) is 40.5 Å². The summed E-state index contributed by atoms with van der Waals surface area (Å²) in [6, 6.07) is 9.34. The summed E-state index contributed by atoms with van der Waals surface area (Å²) in [5.41, 5.74) is 3.05. The zero-order chi connectivity index (χ0) is 19.7. The second-order valence-corrected chi connectivity index (χ2v) is 7.26. The lowest BCUT2D eigenvalue weighted by Crippen LogP contribution is -2.26. The third kappa shape index (κ3) is 3.44. The smallest absolute Gasteiger partial charge is 0.343 e. The molecule has 4 aromatic rings. The number of nitrogens with one attached hydrogen (secondary N) is 2. The van der Waals surface area contributed by atoms with Crippen molar-refractivity contribution in [2.45, 2.75) is 13.3 Å². The highest BCUT2D eigenvalue weighted by Gasteiger charge is 2.11. The van der Waals surface area contributed by atoms with Gasteiger partial charge in [-0.05, 0) is 30.5 Å². The molecule has 0 atom stereocenters. The van der Waals surface area contributed by atoms with Gasteiger partial charge in [0.1, 0.15) is 11.6 Å². The highest BCUT2D eigenvalue weighted by atomic mass is 32.1. The summed E-state index contributed by atoms with van der Waals surface area (Å²) in [5.74, 6) is 1.14. The minimum absolute atomic E-state index is 0.174. The summed E-state index contributed by atoms with van der Waals surface area (Å²) >= 11 is 1.60. The second-order valence-electron chi connectivity index (χ2n) is 6.34. The van der Waals surface area contributed by atoms with Crippen LogP contribution >= 0.6 is 11.3 Å². The summed E-state index contributed by atoms with van der Waals surface area (Å²) < 4.78 is 2.46. The van der Waals surface area contributed by atoms with E-state index in [-0.39, 0.29) is 11.6 Å². The zero-order valence-corrected chi connectivity index (χ0v) is 16.2. The van der Waals surface area contributed by atoms with Crippen molar-refractivity contribution in [3.8, 4) is 11.3 Å². The fourth-order valence-corrected chi connectivity index (χ4v) is 3.79. The van der Waals surface area contributed by atoms with Gasteiger partial charge < -0.3 is 5.32 Å². The number of nitrogens with zero attached hydrogens (tertiary/aromatic N) is 4. The molecule has 3 heterocycles. The van der Waals surface area contributed by atoms with E-state index in [1.54, 1.807) is 30.5 Å². The van der Waals surface area contributed by atoms with Gasteiger partial charge >= 0.3 is 5.69 Å². The number of aryl methyl sites for hydroxylation is 1. The molecule has 8 nitrogen and oxygen atoms in total. The fourth-order valence-electron chi connectivity index (χ4n) is 2.95. The van der Waals surface area contributed by atoms with Crippen LogP contribution in [-0.4, -0.2) is 37.2 Å². The van der Waals surface area contributed by atoms with E-state index in [9.17, 15) is 9.59 Å². The SMILES string of the molecule is Cc1nc(-c2ccc(C(=O)NCCc3n[nH]c(=O)n3C)cc2)c2sccc2n1. The Hall–Kier alpha value is -3.33. The third-order valence-electron chi connectivity index (χ3n) is 4.44. The van der Waals surface area contributed by atoms with Gasteiger partial charge in [0.2, 0.25) is 0 Å². The molecule has 0 saturated heterocycles. The first-order valence-corrected chi connectivity index (χ1v) is 9.61. The highest BCUT2D eigenvalue weighted by molar-refractivity contribution is 7.17. The van der Waals surface area contributed by atoms with Gasteiger partial charge in [0, 0.05) is 31.1 Å². The zero-order valence-electron chi connectivity index (χ0n) is 15.4. The molecule has 0 fully saturated rings. The van der Waals surface area contributed by atoms with Crippen molar-refractivity contribution in [2.24, 2.45) is 7.05 Å². The number of thiophene rings is 1. The van der Waals surface area contributed by atoms with E-state index in [0.29, 0.717) is 24.4 Å². The van der Waals surface area contributed by atoms with E-state index in [0.717, 1.165) is 27.3 Å². The molecule has 0 unspecified atom stereocenters. The third-order valence-corrected chi connectivity index (χ3v) is 5.35. The topological polar surface area (TPSA) is 106 Å². The van der Waals surface area contributed by atoms with Gasteiger partial charge in [-0.2, -0.15) is 5.10 Å².